The normalized spacial score (nSPS) is 11.4. The van der Waals surface area contributed by atoms with Gasteiger partial charge in [-0.1, -0.05) is 18.5 Å². The van der Waals surface area contributed by atoms with Crippen molar-refractivity contribution in [3.05, 3.63) is 28.8 Å². The van der Waals surface area contributed by atoms with Crippen LogP contribution in [0.2, 0.25) is 5.02 Å². The maximum atomic E-state index is 11.8. The van der Waals surface area contributed by atoms with Crippen molar-refractivity contribution in [3.63, 3.8) is 0 Å². The van der Waals surface area contributed by atoms with Crippen LogP contribution in [-0.4, -0.2) is 37.0 Å². The van der Waals surface area contributed by atoms with Crippen LogP contribution in [0.5, 0.6) is 0 Å². The van der Waals surface area contributed by atoms with Crippen molar-refractivity contribution in [2.45, 2.75) is 26.3 Å². The summed E-state index contributed by atoms with van der Waals surface area (Å²) < 4.78 is 4.87. The highest BCUT2D eigenvalue weighted by atomic mass is 35.5. The number of carbonyl (C=O) groups excluding carboxylic acids is 3. The minimum absolute atomic E-state index is 0.121. The number of amides is 2. The first-order valence-electron chi connectivity index (χ1n) is 7.14. The molecule has 1 rings (SSSR count). The molecule has 4 N–H and O–H groups in total. The monoisotopic (exact) mass is 341 g/mol. The van der Waals surface area contributed by atoms with Crippen LogP contribution in [0, 0.1) is 0 Å². The smallest absolute Gasteiger partial charge is 0.340 e. The number of halogens is 1. The van der Waals surface area contributed by atoms with Gasteiger partial charge in [-0.2, -0.15) is 0 Å². The Morgan fingerprint density at radius 3 is 2.65 bits per heavy atom. The van der Waals surface area contributed by atoms with Crippen molar-refractivity contribution in [2.24, 2.45) is 0 Å². The summed E-state index contributed by atoms with van der Waals surface area (Å²) in [6, 6.07) is 3.61. The van der Waals surface area contributed by atoms with Crippen LogP contribution >= 0.6 is 11.6 Å². The molecule has 7 nitrogen and oxygen atoms in total. The third-order valence-corrected chi connectivity index (χ3v) is 3.12. The first-order chi connectivity index (χ1) is 10.8. The summed E-state index contributed by atoms with van der Waals surface area (Å²) >= 11 is 5.74. The molecule has 0 bridgehead atoms. The molecule has 0 aromatic heterocycles. The standard InChI is InChI=1S/C15H20ClN3O4/c1-3-6-18-14(21)9(2)19-13(20)8-23-15(22)11-5-4-10(16)7-12(11)17/h4-5,7,9H,3,6,8,17H2,1-2H3,(H,18,21)(H,19,20)/t9-/m1/s1. The predicted octanol–water partition coefficient (Wildman–Crippen LogP) is 1.11. The molecule has 0 aliphatic heterocycles. The number of hydrogen-bond donors (Lipinski definition) is 3. The van der Waals surface area contributed by atoms with E-state index in [4.69, 9.17) is 22.1 Å². The van der Waals surface area contributed by atoms with E-state index in [1.54, 1.807) is 6.92 Å². The highest BCUT2D eigenvalue weighted by molar-refractivity contribution is 6.31. The number of hydrogen-bond acceptors (Lipinski definition) is 5. The molecule has 0 saturated heterocycles. The second-order valence-electron chi connectivity index (χ2n) is 4.89. The Hall–Kier alpha value is -2.28. The molecule has 0 fully saturated rings. The molecular formula is C15H20ClN3O4. The van der Waals surface area contributed by atoms with Gasteiger partial charge in [0, 0.05) is 17.3 Å². The first kappa shape index (κ1) is 18.8. The number of carbonyl (C=O) groups is 3. The lowest BCUT2D eigenvalue weighted by Gasteiger charge is -2.14. The highest BCUT2D eigenvalue weighted by Gasteiger charge is 2.17. The molecule has 0 aliphatic carbocycles. The molecule has 0 unspecified atom stereocenters. The van der Waals surface area contributed by atoms with Gasteiger partial charge in [-0.3, -0.25) is 9.59 Å². The molecular weight excluding hydrogens is 322 g/mol. The number of benzene rings is 1. The van der Waals surface area contributed by atoms with Crippen LogP contribution in [0.4, 0.5) is 5.69 Å². The average Bonchev–Trinajstić information content (AvgIpc) is 2.50. The number of ether oxygens (including phenoxy) is 1. The van der Waals surface area contributed by atoms with E-state index in [9.17, 15) is 14.4 Å². The lowest BCUT2D eigenvalue weighted by Crippen LogP contribution is -2.46. The Morgan fingerprint density at radius 1 is 1.35 bits per heavy atom. The van der Waals surface area contributed by atoms with Crippen molar-refractivity contribution >= 4 is 35.1 Å². The lowest BCUT2D eigenvalue weighted by molar-refractivity contribution is -0.130. The minimum atomic E-state index is -0.739. The van der Waals surface area contributed by atoms with Crippen LogP contribution in [0.3, 0.4) is 0 Å². The van der Waals surface area contributed by atoms with Gasteiger partial charge < -0.3 is 21.1 Å². The second kappa shape index (κ2) is 8.99. The minimum Gasteiger partial charge on any atom is -0.452 e. The molecule has 8 heteroatoms. The SMILES string of the molecule is CCCNC(=O)[C@@H](C)NC(=O)COC(=O)c1ccc(Cl)cc1N. The first-order valence-corrected chi connectivity index (χ1v) is 7.52. The summed E-state index contributed by atoms with van der Waals surface area (Å²) in [6.45, 7) is 3.49. The lowest BCUT2D eigenvalue weighted by atomic mass is 10.2. The summed E-state index contributed by atoms with van der Waals surface area (Å²) in [5.74, 6) is -1.61. The molecule has 1 aromatic carbocycles. The summed E-state index contributed by atoms with van der Waals surface area (Å²) in [4.78, 5) is 35.1. The number of anilines is 1. The molecule has 2 amide bonds. The molecule has 126 valence electrons. The molecule has 0 radical (unpaired) electrons. The van der Waals surface area contributed by atoms with Crippen LogP contribution < -0.4 is 16.4 Å². The van der Waals surface area contributed by atoms with Gasteiger partial charge in [-0.05, 0) is 31.5 Å². The number of nitrogen functional groups attached to an aromatic ring is 1. The Kier molecular flexibility index (Phi) is 7.34. The van der Waals surface area contributed by atoms with Gasteiger partial charge in [0.15, 0.2) is 6.61 Å². The summed E-state index contributed by atoms with van der Waals surface area (Å²) in [7, 11) is 0. The van der Waals surface area contributed by atoms with Gasteiger partial charge in [0.2, 0.25) is 5.91 Å². The summed E-state index contributed by atoms with van der Waals surface area (Å²) in [5.41, 5.74) is 5.94. The molecule has 23 heavy (non-hydrogen) atoms. The topological polar surface area (TPSA) is 111 Å². The molecule has 0 saturated carbocycles. The van der Waals surface area contributed by atoms with Gasteiger partial charge in [0.1, 0.15) is 6.04 Å². The summed E-state index contributed by atoms with van der Waals surface area (Å²) in [5, 5.41) is 5.48. The average molecular weight is 342 g/mol. The Morgan fingerprint density at radius 2 is 2.04 bits per heavy atom. The molecule has 0 heterocycles. The maximum Gasteiger partial charge on any atom is 0.340 e. The van der Waals surface area contributed by atoms with E-state index >= 15 is 0 Å². The van der Waals surface area contributed by atoms with Crippen molar-refractivity contribution in [1.29, 1.82) is 0 Å². The Labute approximate surface area is 139 Å². The number of nitrogens with one attached hydrogen (secondary N) is 2. The third kappa shape index (κ3) is 6.15. The van der Waals surface area contributed by atoms with Crippen LogP contribution in [0.15, 0.2) is 18.2 Å². The van der Waals surface area contributed by atoms with E-state index < -0.39 is 24.5 Å². The van der Waals surface area contributed by atoms with Crippen LogP contribution in [0.1, 0.15) is 30.6 Å². The maximum absolute atomic E-state index is 11.8. The van der Waals surface area contributed by atoms with Crippen LogP contribution in [-0.2, 0) is 14.3 Å². The number of nitrogens with two attached hydrogens (primary N) is 1. The second-order valence-corrected chi connectivity index (χ2v) is 5.32. The largest absolute Gasteiger partial charge is 0.452 e. The predicted molar refractivity (Wildman–Crippen MR) is 87.1 cm³/mol. The van der Waals surface area contributed by atoms with E-state index in [0.717, 1.165) is 6.42 Å². The van der Waals surface area contributed by atoms with Crippen molar-refractivity contribution in [2.75, 3.05) is 18.9 Å². The summed E-state index contributed by atoms with van der Waals surface area (Å²) in [6.07, 6.45) is 0.798. The van der Waals surface area contributed by atoms with Gasteiger partial charge in [-0.15, -0.1) is 0 Å². The number of esters is 1. The van der Waals surface area contributed by atoms with E-state index in [-0.39, 0.29) is 17.2 Å². The van der Waals surface area contributed by atoms with Crippen LogP contribution in [0.25, 0.3) is 0 Å². The fourth-order valence-electron chi connectivity index (χ4n) is 1.68. The third-order valence-electron chi connectivity index (χ3n) is 2.89. The fraction of sp³-hybridized carbons (Fsp3) is 0.400. The Bertz CT molecular complexity index is 592. The zero-order chi connectivity index (χ0) is 17.4. The molecule has 0 spiro atoms. The fourth-order valence-corrected chi connectivity index (χ4v) is 1.86. The Balaban J connectivity index is 2.46. The van der Waals surface area contributed by atoms with Crippen molar-refractivity contribution < 1.29 is 19.1 Å². The number of rotatable bonds is 7. The van der Waals surface area contributed by atoms with Gasteiger partial charge >= 0.3 is 5.97 Å². The molecule has 1 atom stereocenters. The zero-order valence-electron chi connectivity index (χ0n) is 13.0. The zero-order valence-corrected chi connectivity index (χ0v) is 13.8. The van der Waals surface area contributed by atoms with E-state index in [1.165, 1.54) is 18.2 Å². The highest BCUT2D eigenvalue weighted by Crippen LogP contribution is 2.18. The van der Waals surface area contributed by atoms with Gasteiger partial charge in [0.25, 0.3) is 5.91 Å². The van der Waals surface area contributed by atoms with Gasteiger partial charge in [-0.25, -0.2) is 4.79 Å². The molecule has 0 aliphatic rings. The van der Waals surface area contributed by atoms with E-state index in [2.05, 4.69) is 10.6 Å². The molecule has 1 aromatic rings. The van der Waals surface area contributed by atoms with Gasteiger partial charge in [0.05, 0.1) is 5.56 Å². The van der Waals surface area contributed by atoms with Crippen molar-refractivity contribution in [3.8, 4) is 0 Å². The van der Waals surface area contributed by atoms with Crippen molar-refractivity contribution in [1.82, 2.24) is 10.6 Å². The van der Waals surface area contributed by atoms with E-state index in [0.29, 0.717) is 11.6 Å². The quantitative estimate of drug-likeness (QED) is 0.508. The van der Waals surface area contributed by atoms with E-state index in [1.807, 2.05) is 6.92 Å².